The van der Waals surface area contributed by atoms with E-state index in [1.54, 1.807) is 35.0 Å². The molecule has 0 unspecified atom stereocenters. The van der Waals surface area contributed by atoms with Crippen molar-refractivity contribution in [1.82, 2.24) is 13.9 Å². The number of likely N-dealkylation sites (N-methyl/N-ethyl adjacent to an activating group) is 1. The van der Waals surface area contributed by atoms with Crippen molar-refractivity contribution >= 4 is 45.3 Å². The number of aromatic nitrogens is 2. The number of rotatable bonds is 15. The van der Waals surface area contributed by atoms with E-state index in [0.29, 0.717) is 61.2 Å². The Balaban J connectivity index is 0.00000113. The van der Waals surface area contributed by atoms with E-state index < -0.39 is 67.5 Å². The first-order valence-electron chi connectivity index (χ1n) is 16.8. The molecule has 0 amide bonds. The van der Waals surface area contributed by atoms with Gasteiger partial charge in [0.1, 0.15) is 35.2 Å². The molecule has 0 aliphatic carbocycles. The summed E-state index contributed by atoms with van der Waals surface area (Å²) in [6.45, 7) is 4.51. The van der Waals surface area contributed by atoms with Crippen molar-refractivity contribution in [3.63, 3.8) is 0 Å². The highest BCUT2D eigenvalue weighted by Gasteiger charge is 2.35. The van der Waals surface area contributed by atoms with Crippen LogP contribution in [-0.4, -0.2) is 97.9 Å². The number of halogens is 7. The van der Waals surface area contributed by atoms with Crippen molar-refractivity contribution < 1.29 is 63.8 Å². The second-order valence-corrected chi connectivity index (χ2v) is 17.5. The van der Waals surface area contributed by atoms with Crippen molar-refractivity contribution in [3.8, 4) is 11.4 Å². The molecule has 0 bridgehead atoms. The third-order valence-electron chi connectivity index (χ3n) is 8.73. The number of carboxylic acids is 2. The van der Waals surface area contributed by atoms with Crippen LogP contribution in [0.3, 0.4) is 0 Å². The molecule has 0 aliphatic rings. The molecule has 1 aromatic heterocycles. The van der Waals surface area contributed by atoms with Gasteiger partial charge in [0.05, 0.1) is 56.6 Å². The van der Waals surface area contributed by atoms with Gasteiger partial charge in [0.25, 0.3) is 0 Å². The van der Waals surface area contributed by atoms with Crippen molar-refractivity contribution in [2.45, 2.75) is 60.1 Å². The maximum atomic E-state index is 15.5. The summed E-state index contributed by atoms with van der Waals surface area (Å²) in [7, 11) is 3.81. The van der Waals surface area contributed by atoms with Gasteiger partial charge in [-0.1, -0.05) is 43.3 Å². The molecule has 3 aromatic carbocycles. The number of ether oxygens (including phenoxy) is 1. The molecule has 0 fully saturated rings. The Morgan fingerprint density at radius 2 is 1.60 bits per heavy atom. The first-order valence-corrected chi connectivity index (χ1v) is 19.6. The fourth-order valence-electron chi connectivity index (χ4n) is 5.47. The SMILES string of the molecule is COc1cc(C(C)(C)c2cnc(SCc3c(F)cc(S(=O)(=O)N(C)[C@H](CCC[N+](C)(C)C)C(=O)O)cc3F)n2-c2ccc(F)cc2)ccc1Cl.O=C([O-])C(F)(F)F. The molecule has 0 aliphatic heterocycles. The summed E-state index contributed by atoms with van der Waals surface area (Å²) >= 11 is 7.27. The van der Waals surface area contributed by atoms with Crippen molar-refractivity contribution in [2.24, 2.45) is 0 Å². The van der Waals surface area contributed by atoms with Gasteiger partial charge in [-0.25, -0.2) is 26.6 Å². The summed E-state index contributed by atoms with van der Waals surface area (Å²) in [4.78, 5) is 24.7. The average molecular weight is 867 g/mol. The maximum Gasteiger partial charge on any atom is 0.430 e. The molecule has 0 spiro atoms. The van der Waals surface area contributed by atoms with E-state index in [4.69, 9.17) is 26.2 Å². The zero-order valence-electron chi connectivity index (χ0n) is 31.8. The van der Waals surface area contributed by atoms with Gasteiger partial charge in [0, 0.05) is 29.5 Å². The second-order valence-electron chi connectivity index (χ2n) is 14.2. The number of nitrogens with zero attached hydrogens (tertiary/aromatic N) is 4. The van der Waals surface area contributed by atoms with Gasteiger partial charge >= 0.3 is 12.1 Å². The molecule has 0 saturated carbocycles. The second kappa shape index (κ2) is 18.5. The molecule has 57 heavy (non-hydrogen) atoms. The monoisotopic (exact) mass is 866 g/mol. The number of hydrogen-bond donors (Lipinski definition) is 1. The van der Waals surface area contributed by atoms with Gasteiger partial charge in [-0.05, 0) is 66.9 Å². The molecular weight excluding hydrogens is 826 g/mol. The Morgan fingerprint density at radius 1 is 1.04 bits per heavy atom. The highest BCUT2D eigenvalue weighted by molar-refractivity contribution is 7.98. The third-order valence-corrected chi connectivity index (χ3v) is 11.9. The topological polar surface area (TPSA) is 142 Å². The average Bonchev–Trinajstić information content (AvgIpc) is 3.54. The van der Waals surface area contributed by atoms with Gasteiger partial charge in [-0.3, -0.25) is 9.36 Å². The molecule has 0 radical (unpaired) electrons. The summed E-state index contributed by atoms with van der Waals surface area (Å²) in [5.74, 6) is -6.85. The van der Waals surface area contributed by atoms with E-state index in [1.165, 1.54) is 19.2 Å². The number of aliphatic carboxylic acids is 2. The van der Waals surface area contributed by atoms with E-state index in [1.807, 2.05) is 41.1 Å². The van der Waals surface area contributed by atoms with Crippen molar-refractivity contribution in [1.29, 1.82) is 0 Å². The molecular formula is C37H41ClF6N4O7S2. The standard InChI is InChI=1S/C35H40ClF3N4O5S2.C2HF3O2/c1-35(2,22-10-15-27(36)31(17-22)48-7)32-20-40-34(42(32)24-13-11-23(37)12-14-24)49-21-26-28(38)18-25(19-29(26)39)50(46,47)41(3)30(33(44)45)9-8-16-43(4,5)6;3-2(4,5)1(6)7/h10-15,17-20,30H,8-9,16,21H2,1-7H3;(H,6,7)/t30-;/m1./s1. The van der Waals surface area contributed by atoms with Crippen molar-refractivity contribution in [3.05, 3.63) is 100 Å². The van der Waals surface area contributed by atoms with Crippen LogP contribution in [0.4, 0.5) is 26.3 Å². The first kappa shape index (κ1) is 47.1. The smallest absolute Gasteiger partial charge is 0.430 e. The molecule has 312 valence electrons. The Hall–Kier alpha value is -4.30. The number of carbonyl (C=O) groups excluding carboxylic acids is 1. The lowest BCUT2D eigenvalue weighted by Gasteiger charge is -2.28. The van der Waals surface area contributed by atoms with Crippen LogP contribution in [0, 0.1) is 17.5 Å². The van der Waals surface area contributed by atoms with Crippen LogP contribution in [0.1, 0.15) is 43.5 Å². The summed E-state index contributed by atoms with van der Waals surface area (Å²) in [5, 5.41) is 19.3. The molecule has 0 saturated heterocycles. The molecule has 11 nitrogen and oxygen atoms in total. The largest absolute Gasteiger partial charge is 0.542 e. The number of hydrogen-bond acceptors (Lipinski definition) is 8. The van der Waals surface area contributed by atoms with Crippen LogP contribution in [0.25, 0.3) is 5.69 Å². The Kier molecular flexibility index (Phi) is 15.3. The molecule has 1 N–H and O–H groups in total. The highest BCUT2D eigenvalue weighted by atomic mass is 35.5. The van der Waals surface area contributed by atoms with Crippen LogP contribution in [-0.2, 0) is 30.8 Å². The first-order chi connectivity index (χ1) is 26.2. The number of thioether (sulfide) groups is 1. The number of carbonyl (C=O) groups is 2. The maximum absolute atomic E-state index is 15.5. The van der Waals surface area contributed by atoms with Gasteiger partial charge in [0.2, 0.25) is 10.0 Å². The van der Waals surface area contributed by atoms with Crippen LogP contribution < -0.4 is 9.84 Å². The number of methoxy groups -OCH3 is 1. The Morgan fingerprint density at radius 3 is 2.09 bits per heavy atom. The lowest BCUT2D eigenvalue weighted by Crippen LogP contribution is -2.43. The molecule has 20 heteroatoms. The van der Waals surface area contributed by atoms with Crippen LogP contribution in [0.5, 0.6) is 5.75 Å². The quantitative estimate of drug-likeness (QED) is 0.0814. The van der Waals surface area contributed by atoms with E-state index in [2.05, 4.69) is 4.98 Å². The molecule has 1 heterocycles. The van der Waals surface area contributed by atoms with Gasteiger partial charge in [-0.15, -0.1) is 0 Å². The van der Waals surface area contributed by atoms with Crippen molar-refractivity contribution in [2.75, 3.05) is 41.8 Å². The Bertz CT molecular complexity index is 2150. The van der Waals surface area contributed by atoms with Crippen LogP contribution in [0.2, 0.25) is 5.02 Å². The lowest BCUT2D eigenvalue weighted by atomic mass is 9.81. The Labute approximate surface area is 335 Å². The minimum absolute atomic E-state index is 0.0192. The summed E-state index contributed by atoms with van der Waals surface area (Å²) in [5.41, 5.74) is 0.948. The highest BCUT2D eigenvalue weighted by Crippen LogP contribution is 2.39. The zero-order valence-corrected chi connectivity index (χ0v) is 34.2. The lowest BCUT2D eigenvalue weighted by molar-refractivity contribution is -0.870. The van der Waals surface area contributed by atoms with E-state index in [9.17, 15) is 35.9 Å². The summed E-state index contributed by atoms with van der Waals surface area (Å²) in [6.07, 6.45) is -3.13. The fraction of sp³-hybridized carbons (Fsp3) is 0.378. The predicted molar refractivity (Wildman–Crippen MR) is 199 cm³/mol. The van der Waals surface area contributed by atoms with Gasteiger partial charge in [0.15, 0.2) is 5.16 Å². The minimum atomic E-state index is -5.19. The molecule has 4 aromatic rings. The number of carboxylic acid groups (broad SMARTS) is 2. The van der Waals surface area contributed by atoms with Crippen LogP contribution in [0.15, 0.2) is 70.8 Å². The molecule has 4 rings (SSSR count). The third kappa shape index (κ3) is 11.9. The molecule has 1 atom stereocenters. The minimum Gasteiger partial charge on any atom is -0.542 e. The fourth-order valence-corrected chi connectivity index (χ4v) is 8.04. The van der Waals surface area contributed by atoms with E-state index >= 15 is 8.78 Å². The summed E-state index contributed by atoms with van der Waals surface area (Å²) in [6, 6.07) is 11.0. The van der Waals surface area contributed by atoms with Crippen LogP contribution >= 0.6 is 23.4 Å². The number of imidazole rings is 1. The number of sulfonamides is 1. The number of alkyl halides is 3. The van der Waals surface area contributed by atoms with E-state index in [-0.39, 0.29) is 12.2 Å². The van der Waals surface area contributed by atoms with E-state index in [0.717, 1.165) is 24.4 Å². The zero-order chi connectivity index (χ0) is 43.3. The number of benzene rings is 3. The summed E-state index contributed by atoms with van der Waals surface area (Å²) < 4.78 is 112. The predicted octanol–water partition coefficient (Wildman–Crippen LogP) is 6.43. The normalized spacial score (nSPS) is 12.9. The van der Waals surface area contributed by atoms with Gasteiger partial charge < -0.3 is 24.2 Å². The van der Waals surface area contributed by atoms with Gasteiger partial charge in [-0.2, -0.15) is 17.5 Å². The number of quaternary nitrogens is 1.